The van der Waals surface area contributed by atoms with Gasteiger partial charge in [0.15, 0.2) is 33.3 Å². The highest BCUT2D eigenvalue weighted by Crippen LogP contribution is 2.42. The summed E-state index contributed by atoms with van der Waals surface area (Å²) in [6, 6.07) is 1.06. The third kappa shape index (κ3) is 11.2. The van der Waals surface area contributed by atoms with Gasteiger partial charge in [-0.05, 0) is 30.7 Å². The van der Waals surface area contributed by atoms with Crippen LogP contribution in [0.2, 0.25) is 0 Å². The number of fused-ring (bicyclic) bond motifs is 1. The van der Waals surface area contributed by atoms with E-state index < -0.39 is 71.3 Å². The van der Waals surface area contributed by atoms with E-state index >= 15 is 0 Å². The Bertz CT molecular complexity index is 2200. The number of nitrogens with one attached hydrogen (secondary N) is 4. The largest absolute Gasteiger partial charge is 0.477 e. The highest BCUT2D eigenvalue weighted by molar-refractivity contribution is 8.01. The van der Waals surface area contributed by atoms with Gasteiger partial charge in [0.25, 0.3) is 23.6 Å². The van der Waals surface area contributed by atoms with Gasteiger partial charge < -0.3 is 30.5 Å². The number of esters is 2. The Morgan fingerprint density at radius 1 is 1.07 bits per heavy atom. The summed E-state index contributed by atoms with van der Waals surface area (Å²) in [4.78, 5) is 109. The number of carboxylic acid groups (broad SMARTS) is 1. The van der Waals surface area contributed by atoms with Gasteiger partial charge in [0.05, 0.1) is 0 Å². The van der Waals surface area contributed by atoms with E-state index in [1.54, 1.807) is 6.92 Å². The van der Waals surface area contributed by atoms with Crippen molar-refractivity contribution in [2.45, 2.75) is 36.5 Å². The smallest absolute Gasteiger partial charge is 0.352 e. The van der Waals surface area contributed by atoms with Crippen LogP contribution in [0.25, 0.3) is 0 Å². The minimum atomic E-state index is -1.30. The van der Waals surface area contributed by atoms with Crippen LogP contribution in [0.1, 0.15) is 34.9 Å². The van der Waals surface area contributed by atoms with E-state index in [0.717, 1.165) is 41.2 Å². The number of benzene rings is 1. The Balaban J connectivity index is 0.00000720. The van der Waals surface area contributed by atoms with Crippen molar-refractivity contribution in [3.05, 3.63) is 51.1 Å². The molecule has 1 fully saturated rings. The number of hydrogen-bond acceptors (Lipinski definition) is 20. The number of thioether (sulfide) groups is 2. The maximum absolute atomic E-state index is 13.4. The summed E-state index contributed by atoms with van der Waals surface area (Å²) in [5.41, 5.74) is 9.21. The average Bonchev–Trinajstić information content (AvgIpc) is 3.77. The number of oxime groups is 1. The molecule has 1 saturated heterocycles. The fraction of sp³-hybridized carbons (Fsp3) is 0.267. The van der Waals surface area contributed by atoms with E-state index in [4.69, 9.17) is 20.0 Å². The van der Waals surface area contributed by atoms with Crippen molar-refractivity contribution in [3.8, 4) is 11.5 Å². The Kier molecular flexibility index (Phi) is 14.9. The van der Waals surface area contributed by atoms with Gasteiger partial charge in [0.2, 0.25) is 0 Å². The lowest BCUT2D eigenvalue weighted by Crippen LogP contribution is -2.71. The van der Waals surface area contributed by atoms with Crippen molar-refractivity contribution < 1.29 is 57.8 Å². The van der Waals surface area contributed by atoms with Crippen molar-refractivity contribution >= 4 is 117 Å². The number of hydrogen-bond donors (Lipinski definition) is 6. The highest BCUT2D eigenvalue weighted by Gasteiger charge is 2.54. The fourth-order valence-electron chi connectivity index (χ4n) is 4.74. The number of imide groups is 1. The predicted octanol–water partition coefficient (Wildman–Crippen LogP) is 0.580. The second-order valence-electron chi connectivity index (χ2n) is 11.1. The number of aryl methyl sites for hydroxylation is 1. The summed E-state index contributed by atoms with van der Waals surface area (Å²) in [5.74, 6) is -6.30. The number of halogens is 1. The number of aliphatic carboxylic acids is 1. The second-order valence-corrected chi connectivity index (χ2v) is 15.5. The van der Waals surface area contributed by atoms with Gasteiger partial charge in [0, 0.05) is 36.3 Å². The normalized spacial score (nSPS) is 15.9. The maximum Gasteiger partial charge on any atom is 0.352 e. The van der Waals surface area contributed by atoms with Crippen LogP contribution in [0.5, 0.6) is 11.5 Å². The minimum absolute atomic E-state index is 0. The van der Waals surface area contributed by atoms with Crippen molar-refractivity contribution in [1.29, 1.82) is 0 Å². The quantitative estimate of drug-likeness (QED) is 0.0341. The molecule has 1 unspecified atom stereocenters. The number of aromatic nitrogens is 3. The first-order valence-corrected chi connectivity index (χ1v) is 19.3. The summed E-state index contributed by atoms with van der Waals surface area (Å²) >= 11 is 4.87. The average molecular weight is 885 g/mol. The fourth-order valence-corrected chi connectivity index (χ4v) is 8.59. The lowest BCUT2D eigenvalue weighted by Gasteiger charge is -2.49. The van der Waals surface area contributed by atoms with Crippen LogP contribution in [0, 0.1) is 6.92 Å². The molecule has 0 saturated carbocycles. The number of amides is 6. The number of nitrogens with two attached hydrogens (primary N) is 1. The topological polar surface area (TPSA) is 313 Å². The number of nitrogen functional groups attached to an aromatic ring is 1. The molecule has 0 radical (unpaired) electrons. The van der Waals surface area contributed by atoms with Crippen molar-refractivity contribution in [2.24, 2.45) is 5.16 Å². The van der Waals surface area contributed by atoms with Gasteiger partial charge in [-0.1, -0.05) is 28.3 Å². The van der Waals surface area contributed by atoms with Crippen LogP contribution in [-0.2, 0) is 33.6 Å². The molecule has 57 heavy (non-hydrogen) atoms. The van der Waals surface area contributed by atoms with Crippen molar-refractivity contribution in [1.82, 2.24) is 41.6 Å². The van der Waals surface area contributed by atoms with E-state index in [2.05, 4.69) is 25.7 Å². The van der Waals surface area contributed by atoms with Crippen LogP contribution in [0.3, 0.4) is 0 Å². The number of carbonyl (C=O) groups excluding carboxylic acids is 7. The molecule has 2 aromatic heterocycles. The van der Waals surface area contributed by atoms with E-state index in [1.165, 1.54) is 52.4 Å². The molecule has 5 rings (SSSR count). The van der Waals surface area contributed by atoms with Crippen LogP contribution in [0.4, 0.5) is 9.93 Å². The Labute approximate surface area is 343 Å². The summed E-state index contributed by atoms with van der Waals surface area (Å²) in [6.45, 7) is 3.12. The lowest BCUT2D eigenvalue weighted by atomic mass is 10.0. The molecule has 2 aliphatic heterocycles. The monoisotopic (exact) mass is 884 g/mol. The Morgan fingerprint density at radius 2 is 1.79 bits per heavy atom. The zero-order valence-electron chi connectivity index (χ0n) is 29.4. The standard InChI is InChI=1S/C30H28N10O12S4.ClH/c1-11-35-38-30(56-11)55-9-15-8-53-26-21(25(46)40(26)22(15)27(47)48)33-24(45)20(16-10-54-28(31)32-16)39-50-7-19(43)36-37-29(49)34-23(44)14-4-5-17(51-12(2)41)18(6-14)52-13(3)42;/h4-6,10,21,26H,7-9H2,1-3H3,(H2,31,32)(H,33,45)(H,36,43)(H,47,48)(H2,34,37,44,49);1H/t21?,26-;/m0./s1. The molecular formula is C30H29ClN10O12S4. The summed E-state index contributed by atoms with van der Waals surface area (Å²) in [5, 5.41) is 27.5. The van der Waals surface area contributed by atoms with Crippen molar-refractivity contribution in [3.63, 3.8) is 0 Å². The van der Waals surface area contributed by atoms with Gasteiger partial charge in [-0.15, -0.1) is 45.7 Å². The molecule has 2 atom stereocenters. The SMILES string of the molecule is CC(=O)Oc1ccc(C(=O)NC(=O)NNC(=O)CON=C(C(=O)NC2C(=O)N3C(C(=O)O)=C(CSc4nnc(C)s4)CS[C@@H]23)c2csc(N)n2)cc1OC(C)=O.Cl. The number of hydrazine groups is 1. The predicted molar refractivity (Wildman–Crippen MR) is 205 cm³/mol. The van der Waals surface area contributed by atoms with Crippen molar-refractivity contribution in [2.75, 3.05) is 23.8 Å². The number of rotatable bonds is 13. The molecule has 0 spiro atoms. The number of ether oxygens (including phenoxy) is 2. The molecule has 6 amide bonds. The Morgan fingerprint density at radius 3 is 2.42 bits per heavy atom. The molecular weight excluding hydrogens is 856 g/mol. The Hall–Kier alpha value is -5.83. The third-order valence-electron chi connectivity index (χ3n) is 7.00. The van der Waals surface area contributed by atoms with E-state index in [9.17, 15) is 43.5 Å². The first-order valence-electron chi connectivity index (χ1n) is 15.6. The van der Waals surface area contributed by atoms with Crippen LogP contribution < -0.4 is 36.7 Å². The molecule has 1 aromatic carbocycles. The summed E-state index contributed by atoms with van der Waals surface area (Å²) in [6.07, 6.45) is 0. The van der Waals surface area contributed by atoms with Crippen LogP contribution in [0.15, 0.2) is 44.3 Å². The zero-order chi connectivity index (χ0) is 40.7. The summed E-state index contributed by atoms with van der Waals surface area (Å²) < 4.78 is 10.5. The minimum Gasteiger partial charge on any atom is -0.477 e. The number of nitrogens with zero attached hydrogens (tertiary/aromatic N) is 5. The first-order chi connectivity index (χ1) is 26.6. The molecule has 3 aromatic rings. The molecule has 22 nitrogen and oxygen atoms in total. The number of carbonyl (C=O) groups is 8. The van der Waals surface area contributed by atoms with Gasteiger partial charge >= 0.3 is 23.9 Å². The van der Waals surface area contributed by atoms with Gasteiger partial charge in [-0.25, -0.2) is 20.0 Å². The lowest BCUT2D eigenvalue weighted by molar-refractivity contribution is -0.150. The molecule has 0 aliphatic carbocycles. The number of urea groups is 1. The molecule has 4 heterocycles. The molecule has 7 N–H and O–H groups in total. The number of anilines is 1. The third-order valence-corrected chi connectivity index (χ3v) is 11.1. The second kappa shape index (κ2) is 19.4. The molecule has 2 aliphatic rings. The van der Waals surface area contributed by atoms with E-state index in [0.29, 0.717) is 9.91 Å². The first kappa shape index (κ1) is 43.9. The van der Waals surface area contributed by atoms with Crippen LogP contribution >= 0.6 is 58.6 Å². The summed E-state index contributed by atoms with van der Waals surface area (Å²) in [7, 11) is 0. The zero-order valence-corrected chi connectivity index (χ0v) is 33.5. The van der Waals surface area contributed by atoms with Gasteiger partial charge in [-0.2, -0.15) is 0 Å². The number of β-lactam (4-membered cyclic amide) rings is 1. The maximum atomic E-state index is 13.4. The molecule has 302 valence electrons. The number of carboxylic acids is 1. The van der Waals surface area contributed by atoms with Crippen LogP contribution in [-0.4, -0.2) is 108 Å². The highest BCUT2D eigenvalue weighted by atomic mass is 35.5. The van der Waals surface area contributed by atoms with E-state index in [-0.39, 0.29) is 57.5 Å². The van der Waals surface area contributed by atoms with E-state index in [1.807, 2.05) is 16.2 Å². The number of thiazole rings is 1. The van der Waals surface area contributed by atoms with Gasteiger partial charge in [-0.3, -0.25) is 44.4 Å². The molecule has 27 heteroatoms. The molecule has 0 bridgehead atoms. The van der Waals surface area contributed by atoms with Gasteiger partial charge in [0.1, 0.15) is 27.8 Å².